The van der Waals surface area contributed by atoms with Gasteiger partial charge in [0.2, 0.25) is 5.88 Å². The van der Waals surface area contributed by atoms with Crippen molar-refractivity contribution in [2.24, 2.45) is 5.73 Å². The van der Waals surface area contributed by atoms with Gasteiger partial charge in [-0.3, -0.25) is 19.3 Å². The van der Waals surface area contributed by atoms with Gasteiger partial charge in [-0.1, -0.05) is 18.2 Å². The van der Waals surface area contributed by atoms with E-state index in [4.69, 9.17) is 10.5 Å². The molecule has 0 bridgehead atoms. The van der Waals surface area contributed by atoms with Crippen molar-refractivity contribution in [3.05, 3.63) is 86.4 Å². The first-order chi connectivity index (χ1) is 12.9. The topological polar surface area (TPSA) is 132 Å². The van der Waals surface area contributed by atoms with Crippen molar-refractivity contribution in [3.8, 4) is 6.07 Å². The lowest BCUT2D eigenvalue weighted by Gasteiger charge is -2.27. The zero-order valence-corrected chi connectivity index (χ0v) is 15.0. The van der Waals surface area contributed by atoms with Crippen molar-refractivity contribution in [1.29, 1.82) is 5.26 Å². The third-order valence-corrected chi connectivity index (χ3v) is 5.06. The Bertz CT molecular complexity index is 1020. The number of non-ortho nitro benzene ring substituents is 1. The molecular weight excluding hydrogens is 368 g/mol. The molecule has 3 rings (SSSR count). The molecule has 2 heterocycles. The number of benzene rings is 1. The predicted molar refractivity (Wildman–Crippen MR) is 99.0 cm³/mol. The zero-order valence-electron chi connectivity index (χ0n) is 14.2. The number of rotatable bonds is 4. The Hall–Kier alpha value is -3.51. The largest absolute Gasteiger partial charge is 0.437 e. The highest BCUT2D eigenvalue weighted by Gasteiger charge is 2.36. The summed E-state index contributed by atoms with van der Waals surface area (Å²) in [7, 11) is -1.52. The molecule has 0 amide bonds. The summed E-state index contributed by atoms with van der Waals surface area (Å²) >= 11 is 0. The molecule has 1 aromatic carbocycles. The molecule has 0 saturated heterocycles. The average molecular weight is 382 g/mol. The van der Waals surface area contributed by atoms with Crippen LogP contribution in [0.15, 0.2) is 65.0 Å². The smallest absolute Gasteiger partial charge is 0.269 e. The summed E-state index contributed by atoms with van der Waals surface area (Å²) < 4.78 is 18.2. The number of nitro benzene ring substituents is 1. The first-order valence-corrected chi connectivity index (χ1v) is 9.30. The molecule has 27 heavy (non-hydrogen) atoms. The molecule has 0 radical (unpaired) electrons. The molecule has 2 atom stereocenters. The number of ether oxygens (including phenoxy) is 1. The van der Waals surface area contributed by atoms with Crippen LogP contribution in [0.3, 0.4) is 0 Å². The predicted octanol–water partition coefficient (Wildman–Crippen LogP) is 2.54. The number of nitrogens with zero attached hydrogens (tertiary/aromatic N) is 3. The molecule has 0 spiro atoms. The number of hydrogen-bond donors (Lipinski definition) is 1. The van der Waals surface area contributed by atoms with E-state index in [0.29, 0.717) is 16.2 Å². The molecule has 8 nitrogen and oxygen atoms in total. The van der Waals surface area contributed by atoms with Crippen LogP contribution in [0, 0.1) is 21.4 Å². The van der Waals surface area contributed by atoms with Crippen LogP contribution < -0.4 is 5.73 Å². The van der Waals surface area contributed by atoms with Gasteiger partial charge in [0.05, 0.1) is 26.5 Å². The standard InChI is InChI=1S/C18H14N4O4S/c1-27(25)17-15(11-5-7-12(8-6-11)22(23)24)13(10-19)18(20)26-16(17)14-4-2-3-9-21-14/h2-9,15H,20H2,1H3. The van der Waals surface area contributed by atoms with Crippen molar-refractivity contribution in [2.45, 2.75) is 5.92 Å². The molecule has 136 valence electrons. The van der Waals surface area contributed by atoms with Gasteiger partial charge in [-0.2, -0.15) is 5.26 Å². The van der Waals surface area contributed by atoms with Crippen LogP contribution >= 0.6 is 0 Å². The second-order valence-electron chi connectivity index (χ2n) is 5.64. The molecule has 0 fully saturated rings. The van der Waals surface area contributed by atoms with E-state index in [2.05, 4.69) is 4.98 Å². The normalized spacial score (nSPS) is 17.9. The lowest BCUT2D eigenvalue weighted by molar-refractivity contribution is -0.384. The summed E-state index contributed by atoms with van der Waals surface area (Å²) in [5, 5.41) is 20.5. The van der Waals surface area contributed by atoms with E-state index in [1.165, 1.54) is 30.5 Å². The molecule has 0 aliphatic carbocycles. The van der Waals surface area contributed by atoms with Crippen molar-refractivity contribution < 1.29 is 13.9 Å². The summed E-state index contributed by atoms with van der Waals surface area (Å²) in [6, 6.07) is 12.8. The SMILES string of the molecule is CS(=O)C1=C(c2ccccn2)OC(N)=C(C#N)C1c1ccc([N+](=O)[O-])cc1. The maximum atomic E-state index is 12.6. The Morgan fingerprint density at radius 2 is 2.00 bits per heavy atom. The summed E-state index contributed by atoms with van der Waals surface area (Å²) in [4.78, 5) is 14.9. The van der Waals surface area contributed by atoms with E-state index >= 15 is 0 Å². The minimum Gasteiger partial charge on any atom is -0.437 e. The van der Waals surface area contributed by atoms with E-state index in [-0.39, 0.29) is 22.9 Å². The van der Waals surface area contributed by atoms with Gasteiger partial charge in [0.25, 0.3) is 5.69 Å². The summed E-state index contributed by atoms with van der Waals surface area (Å²) in [5.74, 6) is -0.653. The highest BCUT2D eigenvalue weighted by molar-refractivity contribution is 7.88. The zero-order chi connectivity index (χ0) is 19.6. The fourth-order valence-electron chi connectivity index (χ4n) is 2.82. The van der Waals surface area contributed by atoms with Crippen LogP contribution in [0.4, 0.5) is 5.69 Å². The van der Waals surface area contributed by atoms with Crippen LogP contribution in [-0.2, 0) is 15.5 Å². The van der Waals surface area contributed by atoms with Crippen LogP contribution in [0.2, 0.25) is 0 Å². The number of pyridine rings is 1. The number of nitro groups is 1. The van der Waals surface area contributed by atoms with E-state index in [9.17, 15) is 19.6 Å². The molecule has 0 saturated carbocycles. The maximum absolute atomic E-state index is 12.6. The number of nitrogens with two attached hydrogens (primary N) is 1. The van der Waals surface area contributed by atoms with E-state index < -0.39 is 21.6 Å². The third-order valence-electron chi connectivity index (χ3n) is 4.02. The van der Waals surface area contributed by atoms with Crippen molar-refractivity contribution in [2.75, 3.05) is 6.26 Å². The van der Waals surface area contributed by atoms with Crippen molar-refractivity contribution in [3.63, 3.8) is 0 Å². The molecule has 2 unspecified atom stereocenters. The number of allylic oxidation sites excluding steroid dienone is 2. The molecule has 1 aromatic heterocycles. The minimum atomic E-state index is -1.52. The van der Waals surface area contributed by atoms with Gasteiger partial charge in [-0.15, -0.1) is 0 Å². The van der Waals surface area contributed by atoms with Gasteiger partial charge in [-0.05, 0) is 17.7 Å². The fourth-order valence-corrected chi connectivity index (χ4v) is 3.81. The Labute approximate surface area is 157 Å². The molecule has 2 aromatic rings. The van der Waals surface area contributed by atoms with Gasteiger partial charge >= 0.3 is 0 Å². The highest BCUT2D eigenvalue weighted by atomic mass is 32.2. The lowest BCUT2D eigenvalue weighted by Crippen LogP contribution is -2.22. The van der Waals surface area contributed by atoms with E-state index in [0.717, 1.165) is 0 Å². The fraction of sp³-hybridized carbons (Fsp3) is 0.111. The summed E-state index contributed by atoms with van der Waals surface area (Å²) in [6.45, 7) is 0. The van der Waals surface area contributed by atoms with E-state index in [1.54, 1.807) is 24.4 Å². The molecule has 2 N–H and O–H groups in total. The number of hydrogen-bond acceptors (Lipinski definition) is 7. The highest BCUT2D eigenvalue weighted by Crippen LogP contribution is 2.43. The van der Waals surface area contributed by atoms with Gasteiger partial charge < -0.3 is 10.5 Å². The Kier molecular flexibility index (Phi) is 5.00. The number of nitriles is 1. The first kappa shape index (κ1) is 18.3. The first-order valence-electron chi connectivity index (χ1n) is 7.75. The second-order valence-corrected chi connectivity index (χ2v) is 6.98. The van der Waals surface area contributed by atoms with Crippen LogP contribution in [0.5, 0.6) is 0 Å². The Morgan fingerprint density at radius 1 is 1.30 bits per heavy atom. The lowest BCUT2D eigenvalue weighted by atomic mass is 9.89. The Balaban J connectivity index is 2.23. The van der Waals surface area contributed by atoms with Crippen LogP contribution in [0.1, 0.15) is 17.2 Å². The quantitative estimate of drug-likeness (QED) is 0.634. The van der Waals surface area contributed by atoms with Gasteiger partial charge in [0.15, 0.2) is 5.76 Å². The summed E-state index contributed by atoms with van der Waals surface area (Å²) in [5.41, 5.74) is 6.92. The van der Waals surface area contributed by atoms with Gasteiger partial charge in [0.1, 0.15) is 17.3 Å². The van der Waals surface area contributed by atoms with Crippen molar-refractivity contribution >= 4 is 22.2 Å². The molecule has 1 aliphatic heterocycles. The second kappa shape index (κ2) is 7.39. The number of aromatic nitrogens is 1. The Morgan fingerprint density at radius 3 is 2.52 bits per heavy atom. The minimum absolute atomic E-state index is 0.0885. The maximum Gasteiger partial charge on any atom is 0.269 e. The molecular formula is C18H14N4O4S. The van der Waals surface area contributed by atoms with Gasteiger partial charge in [0, 0.05) is 24.6 Å². The average Bonchev–Trinajstić information content (AvgIpc) is 2.67. The van der Waals surface area contributed by atoms with Gasteiger partial charge in [-0.25, -0.2) is 0 Å². The van der Waals surface area contributed by atoms with Crippen LogP contribution in [0.25, 0.3) is 5.76 Å². The van der Waals surface area contributed by atoms with E-state index in [1.807, 2.05) is 6.07 Å². The van der Waals surface area contributed by atoms with Crippen molar-refractivity contribution in [1.82, 2.24) is 4.98 Å². The molecule has 1 aliphatic rings. The third kappa shape index (κ3) is 3.43. The summed E-state index contributed by atoms with van der Waals surface area (Å²) in [6.07, 6.45) is 3.03. The monoisotopic (exact) mass is 382 g/mol. The molecule has 9 heteroatoms. The van der Waals surface area contributed by atoms with Crippen LogP contribution in [-0.4, -0.2) is 20.4 Å².